The summed E-state index contributed by atoms with van der Waals surface area (Å²) in [5.74, 6) is 0.607. The second-order valence-electron chi connectivity index (χ2n) is 6.32. The highest BCUT2D eigenvalue weighted by Crippen LogP contribution is 2.33. The molecule has 2 N–H and O–H groups in total. The smallest absolute Gasteiger partial charge is 0.243 e. The number of hydrogen-bond acceptors (Lipinski definition) is 3. The summed E-state index contributed by atoms with van der Waals surface area (Å²) >= 11 is 0. The molecular weight excluding hydrogens is 284 g/mol. The molecule has 1 saturated carbocycles. The van der Waals surface area contributed by atoms with Crippen molar-refractivity contribution in [3.8, 4) is 0 Å². The molecule has 1 aliphatic carbocycles. The zero-order valence-corrected chi connectivity index (χ0v) is 13.2. The van der Waals surface area contributed by atoms with Gasteiger partial charge in [0.1, 0.15) is 0 Å². The van der Waals surface area contributed by atoms with E-state index in [0.29, 0.717) is 23.9 Å². The first kappa shape index (κ1) is 15.0. The highest BCUT2D eigenvalue weighted by Gasteiger charge is 2.30. The summed E-state index contributed by atoms with van der Waals surface area (Å²) in [4.78, 5) is 0.399. The maximum Gasteiger partial charge on any atom is 0.243 e. The molecule has 1 aromatic carbocycles. The Hall–Kier alpha value is -0.910. The molecule has 116 valence electrons. The van der Waals surface area contributed by atoms with E-state index in [9.17, 15) is 8.42 Å². The molecule has 1 saturated heterocycles. The second kappa shape index (κ2) is 6.07. The maximum absolute atomic E-state index is 12.5. The predicted octanol–water partition coefficient (Wildman–Crippen LogP) is 2.46. The highest BCUT2D eigenvalue weighted by atomic mass is 32.2. The van der Waals surface area contributed by atoms with Gasteiger partial charge in [0.05, 0.1) is 4.90 Å². The Kier molecular flexibility index (Phi) is 4.33. The van der Waals surface area contributed by atoms with Crippen molar-refractivity contribution in [2.45, 2.75) is 55.4 Å². The monoisotopic (exact) mass is 308 g/mol. The van der Waals surface area contributed by atoms with Gasteiger partial charge in [-0.1, -0.05) is 31.4 Å². The molecule has 1 aromatic rings. The van der Waals surface area contributed by atoms with Gasteiger partial charge in [0.15, 0.2) is 0 Å². The molecule has 21 heavy (non-hydrogen) atoms. The van der Waals surface area contributed by atoms with Crippen LogP contribution in [0.4, 0.5) is 0 Å². The minimum Gasteiger partial charge on any atom is -0.326 e. The third-order valence-corrected chi connectivity index (χ3v) is 6.66. The third-order valence-electron chi connectivity index (χ3n) is 4.78. The Morgan fingerprint density at radius 2 is 1.67 bits per heavy atom. The minimum atomic E-state index is -3.37. The first-order valence-electron chi connectivity index (χ1n) is 7.93. The molecule has 1 heterocycles. The van der Waals surface area contributed by atoms with Crippen molar-refractivity contribution in [1.29, 1.82) is 0 Å². The van der Waals surface area contributed by atoms with Crippen LogP contribution in [0.15, 0.2) is 29.2 Å². The highest BCUT2D eigenvalue weighted by molar-refractivity contribution is 7.89. The van der Waals surface area contributed by atoms with Crippen molar-refractivity contribution in [3.63, 3.8) is 0 Å². The lowest BCUT2D eigenvalue weighted by molar-refractivity contribution is 0.443. The second-order valence-corrected chi connectivity index (χ2v) is 8.25. The van der Waals surface area contributed by atoms with Crippen LogP contribution < -0.4 is 5.73 Å². The van der Waals surface area contributed by atoms with Crippen molar-refractivity contribution in [2.24, 2.45) is 5.73 Å². The van der Waals surface area contributed by atoms with Gasteiger partial charge in [-0.2, -0.15) is 4.31 Å². The fourth-order valence-corrected chi connectivity index (χ4v) is 4.98. The molecule has 0 unspecified atom stereocenters. The van der Waals surface area contributed by atoms with Crippen LogP contribution in [0.1, 0.15) is 50.0 Å². The number of rotatable bonds is 3. The van der Waals surface area contributed by atoms with Gasteiger partial charge in [-0.25, -0.2) is 8.42 Å². The number of sulfonamides is 1. The number of hydrogen-bond donors (Lipinski definition) is 1. The fourth-order valence-electron chi connectivity index (χ4n) is 3.47. The summed E-state index contributed by atoms with van der Waals surface area (Å²) in [5.41, 5.74) is 7.10. The Morgan fingerprint density at radius 1 is 1.00 bits per heavy atom. The van der Waals surface area contributed by atoms with Crippen LogP contribution in [0.5, 0.6) is 0 Å². The molecule has 0 radical (unpaired) electrons. The van der Waals surface area contributed by atoms with Crippen molar-refractivity contribution >= 4 is 10.0 Å². The van der Waals surface area contributed by atoms with Crippen LogP contribution in [0.25, 0.3) is 0 Å². The van der Waals surface area contributed by atoms with E-state index in [1.54, 1.807) is 12.1 Å². The van der Waals surface area contributed by atoms with Crippen LogP contribution in [0, 0.1) is 0 Å². The van der Waals surface area contributed by atoms with E-state index in [1.807, 2.05) is 12.1 Å². The summed E-state index contributed by atoms with van der Waals surface area (Å²) in [6, 6.07) is 7.51. The molecule has 3 rings (SSSR count). The van der Waals surface area contributed by atoms with Gasteiger partial charge < -0.3 is 5.73 Å². The van der Waals surface area contributed by atoms with E-state index in [-0.39, 0.29) is 6.04 Å². The van der Waals surface area contributed by atoms with Crippen molar-refractivity contribution in [3.05, 3.63) is 29.8 Å². The molecule has 0 aromatic heterocycles. The maximum atomic E-state index is 12.5. The molecule has 4 nitrogen and oxygen atoms in total. The Labute approximate surface area is 127 Å². The van der Waals surface area contributed by atoms with Crippen LogP contribution in [-0.4, -0.2) is 31.9 Å². The summed E-state index contributed by atoms with van der Waals surface area (Å²) < 4.78 is 26.6. The average Bonchev–Trinajstić information content (AvgIpc) is 2.96. The largest absolute Gasteiger partial charge is 0.326 e. The molecule has 2 aliphatic rings. The van der Waals surface area contributed by atoms with Crippen LogP contribution in [-0.2, 0) is 10.0 Å². The van der Waals surface area contributed by atoms with E-state index >= 15 is 0 Å². The number of nitrogens with zero attached hydrogens (tertiary/aromatic N) is 1. The quantitative estimate of drug-likeness (QED) is 0.933. The van der Waals surface area contributed by atoms with Gasteiger partial charge in [0.25, 0.3) is 0 Å². The van der Waals surface area contributed by atoms with E-state index < -0.39 is 10.0 Å². The topological polar surface area (TPSA) is 63.4 Å². The van der Waals surface area contributed by atoms with Gasteiger partial charge in [0, 0.05) is 19.1 Å². The van der Waals surface area contributed by atoms with Crippen molar-refractivity contribution < 1.29 is 8.42 Å². The van der Waals surface area contributed by atoms with Gasteiger partial charge in [0.2, 0.25) is 10.0 Å². The third kappa shape index (κ3) is 3.15. The Morgan fingerprint density at radius 3 is 2.24 bits per heavy atom. The van der Waals surface area contributed by atoms with E-state index in [1.165, 1.54) is 42.0 Å². The van der Waals surface area contributed by atoms with E-state index in [4.69, 9.17) is 5.73 Å². The summed E-state index contributed by atoms with van der Waals surface area (Å²) in [7, 11) is -3.37. The minimum absolute atomic E-state index is 0.0266. The van der Waals surface area contributed by atoms with Gasteiger partial charge in [-0.3, -0.25) is 0 Å². The molecule has 5 heteroatoms. The van der Waals surface area contributed by atoms with Crippen LogP contribution in [0.3, 0.4) is 0 Å². The summed E-state index contributed by atoms with van der Waals surface area (Å²) in [5, 5.41) is 0. The lowest BCUT2D eigenvalue weighted by Gasteiger charge is -2.22. The molecule has 0 spiro atoms. The number of nitrogens with two attached hydrogens (primary N) is 1. The fraction of sp³-hybridized carbons (Fsp3) is 0.625. The molecule has 0 amide bonds. The molecule has 0 bridgehead atoms. The van der Waals surface area contributed by atoms with E-state index in [2.05, 4.69) is 0 Å². The molecule has 2 fully saturated rings. The Bertz CT molecular complexity index is 577. The predicted molar refractivity (Wildman–Crippen MR) is 83.6 cm³/mol. The van der Waals surface area contributed by atoms with Gasteiger partial charge >= 0.3 is 0 Å². The normalized spacial score (nSPS) is 25.3. The van der Waals surface area contributed by atoms with Crippen molar-refractivity contribution in [2.75, 3.05) is 13.1 Å². The van der Waals surface area contributed by atoms with Crippen molar-refractivity contribution in [1.82, 2.24) is 4.31 Å². The Balaban J connectivity index is 1.77. The lowest BCUT2D eigenvalue weighted by atomic mass is 9.84. The molecular formula is C16H24N2O2S. The lowest BCUT2D eigenvalue weighted by Crippen LogP contribution is -2.31. The van der Waals surface area contributed by atoms with Gasteiger partial charge in [-0.05, 0) is 42.9 Å². The first-order valence-corrected chi connectivity index (χ1v) is 9.37. The number of benzene rings is 1. The SMILES string of the molecule is N[C@H]1CCN(S(=O)(=O)c2ccc(C3CCCCC3)cc2)C1. The van der Waals surface area contributed by atoms with Crippen LogP contribution in [0.2, 0.25) is 0 Å². The molecule has 1 aliphatic heterocycles. The standard InChI is InChI=1S/C16H24N2O2S/c17-15-10-11-18(12-15)21(19,20)16-8-6-14(7-9-16)13-4-2-1-3-5-13/h6-9,13,15H,1-5,10-12,17H2/t15-/m0/s1. The molecule has 1 atom stereocenters. The average molecular weight is 308 g/mol. The summed E-state index contributed by atoms with van der Waals surface area (Å²) in [6.45, 7) is 0.973. The van der Waals surface area contributed by atoms with E-state index in [0.717, 1.165) is 6.42 Å². The summed E-state index contributed by atoms with van der Waals surface area (Å²) in [6.07, 6.45) is 7.12. The zero-order chi connectivity index (χ0) is 14.9. The van der Waals surface area contributed by atoms with Crippen LogP contribution >= 0.6 is 0 Å². The van der Waals surface area contributed by atoms with Gasteiger partial charge in [-0.15, -0.1) is 0 Å². The first-order chi connectivity index (χ1) is 10.1. The zero-order valence-electron chi connectivity index (χ0n) is 12.4.